The summed E-state index contributed by atoms with van der Waals surface area (Å²) in [4.78, 5) is 31.1. The van der Waals surface area contributed by atoms with Crippen molar-refractivity contribution in [1.29, 1.82) is 0 Å². The summed E-state index contributed by atoms with van der Waals surface area (Å²) in [5.41, 5.74) is 0.950. The molecule has 0 unspecified atom stereocenters. The number of unbranched alkanes of at least 4 members (excludes halogenated alkanes) is 8. The molecular formula is C24H34ClN3O2S2. The number of hydrogen-bond acceptors (Lipinski definition) is 5. The Morgan fingerprint density at radius 1 is 1.03 bits per heavy atom. The molecule has 0 aliphatic carbocycles. The minimum Gasteiger partial charge on any atom is -0.294 e. The maximum Gasteiger partial charge on any atom is 0.293 e. The van der Waals surface area contributed by atoms with Gasteiger partial charge in [-0.1, -0.05) is 57.6 Å². The first-order valence-corrected chi connectivity index (χ1v) is 13.3. The Kier molecular flexibility index (Phi) is 12.3. The number of amides is 2. The molecule has 2 aromatic rings. The maximum atomic E-state index is 12.6. The lowest BCUT2D eigenvalue weighted by Crippen LogP contribution is -2.29. The average molecular weight is 496 g/mol. The second kappa shape index (κ2) is 14.7. The van der Waals surface area contributed by atoms with Gasteiger partial charge in [-0.25, -0.2) is 4.98 Å². The largest absolute Gasteiger partial charge is 0.294 e. The zero-order chi connectivity index (χ0) is 21.9. The summed E-state index contributed by atoms with van der Waals surface area (Å²) in [6, 6.07) is 6.10. The van der Waals surface area contributed by atoms with Gasteiger partial charge in [0.1, 0.15) is 5.65 Å². The number of rotatable bonds is 14. The van der Waals surface area contributed by atoms with Crippen LogP contribution in [0.5, 0.6) is 0 Å². The van der Waals surface area contributed by atoms with E-state index in [0.29, 0.717) is 11.4 Å². The van der Waals surface area contributed by atoms with Crippen molar-refractivity contribution in [2.45, 2.75) is 76.2 Å². The summed E-state index contributed by atoms with van der Waals surface area (Å²) in [5.74, 6) is 0.843. The second-order valence-corrected chi connectivity index (χ2v) is 9.99. The molecule has 0 radical (unpaired) electrons. The molecule has 8 heteroatoms. The Morgan fingerprint density at radius 3 is 2.62 bits per heavy atom. The van der Waals surface area contributed by atoms with E-state index in [1.54, 1.807) is 18.0 Å². The number of aromatic nitrogens is 2. The first-order valence-electron chi connectivity index (χ1n) is 11.5. The molecule has 0 atom stereocenters. The van der Waals surface area contributed by atoms with Crippen molar-refractivity contribution in [1.82, 2.24) is 14.3 Å². The first-order chi connectivity index (χ1) is 15.2. The van der Waals surface area contributed by atoms with Crippen LogP contribution >= 0.6 is 35.9 Å². The van der Waals surface area contributed by atoms with E-state index in [1.807, 2.05) is 24.4 Å². The highest BCUT2D eigenvalue weighted by atomic mass is 35.5. The number of thioether (sulfide) groups is 2. The molecule has 5 nitrogen and oxygen atoms in total. The molecule has 0 saturated carbocycles. The number of imide groups is 1. The van der Waals surface area contributed by atoms with Gasteiger partial charge in [-0.05, 0) is 55.3 Å². The highest BCUT2D eigenvalue weighted by Crippen LogP contribution is 2.31. The molecule has 1 fully saturated rings. The van der Waals surface area contributed by atoms with Crippen LogP contribution in [0.15, 0.2) is 46.6 Å². The molecule has 1 aliphatic rings. The number of fused-ring (bicyclic) bond motifs is 1. The number of pyridine rings is 1. The molecule has 32 heavy (non-hydrogen) atoms. The molecule has 0 bridgehead atoms. The third-order valence-corrected chi connectivity index (χ3v) is 7.51. The number of halogens is 1. The standard InChI is InChI=1S/C24H33N3O2S2.ClH/c1-2-3-4-5-6-7-8-9-13-20-23(28)27(24(29)31-20)17-10-11-19-30-22-15-12-14-21-25-16-18-26(21)22;/h12-16,18H,2-11,17,19H2,1H3;1H. The lowest BCUT2D eigenvalue weighted by atomic mass is 10.1. The van der Waals surface area contributed by atoms with Crippen LogP contribution in [-0.4, -0.2) is 37.7 Å². The molecular weight excluding hydrogens is 462 g/mol. The topological polar surface area (TPSA) is 54.7 Å². The molecule has 0 N–H and O–H groups in total. The number of hydrogen-bond donors (Lipinski definition) is 0. The van der Waals surface area contributed by atoms with E-state index in [0.717, 1.165) is 53.9 Å². The van der Waals surface area contributed by atoms with Gasteiger partial charge in [-0.3, -0.25) is 18.9 Å². The Bertz CT molecular complexity index is 900. The Balaban J connectivity index is 0.00000363. The van der Waals surface area contributed by atoms with E-state index in [4.69, 9.17) is 0 Å². The van der Waals surface area contributed by atoms with Gasteiger partial charge in [0.25, 0.3) is 11.1 Å². The van der Waals surface area contributed by atoms with E-state index in [2.05, 4.69) is 22.4 Å². The van der Waals surface area contributed by atoms with E-state index in [1.165, 1.54) is 43.4 Å². The SMILES string of the molecule is CCCCCCCCCC=C1SC(=O)N(CCCCSc2cccc3nccn23)C1=O.Cl. The fourth-order valence-electron chi connectivity index (χ4n) is 3.65. The van der Waals surface area contributed by atoms with Crippen LogP contribution in [0.4, 0.5) is 4.79 Å². The van der Waals surface area contributed by atoms with Gasteiger partial charge < -0.3 is 0 Å². The predicted octanol–water partition coefficient (Wildman–Crippen LogP) is 7.35. The van der Waals surface area contributed by atoms with Gasteiger partial charge in [-0.15, -0.1) is 24.2 Å². The summed E-state index contributed by atoms with van der Waals surface area (Å²) in [7, 11) is 0. The number of carbonyl (C=O) groups is 2. The summed E-state index contributed by atoms with van der Waals surface area (Å²) < 4.78 is 2.08. The molecule has 2 aromatic heterocycles. The van der Waals surface area contributed by atoms with Crippen LogP contribution in [0.1, 0.15) is 71.1 Å². The third kappa shape index (κ3) is 7.85. The van der Waals surface area contributed by atoms with Crippen LogP contribution in [-0.2, 0) is 4.79 Å². The molecule has 1 saturated heterocycles. The zero-order valence-electron chi connectivity index (χ0n) is 18.8. The monoisotopic (exact) mass is 495 g/mol. The highest BCUT2D eigenvalue weighted by molar-refractivity contribution is 8.18. The molecule has 0 spiro atoms. The molecule has 0 aromatic carbocycles. The van der Waals surface area contributed by atoms with Gasteiger partial charge in [0.15, 0.2) is 0 Å². The van der Waals surface area contributed by atoms with Crippen molar-refractivity contribution in [2.75, 3.05) is 12.3 Å². The summed E-state index contributed by atoms with van der Waals surface area (Å²) in [6.45, 7) is 2.74. The van der Waals surface area contributed by atoms with Gasteiger partial charge in [0, 0.05) is 18.9 Å². The molecule has 176 valence electrons. The fourth-order valence-corrected chi connectivity index (χ4v) is 5.55. The minimum absolute atomic E-state index is 0. The second-order valence-electron chi connectivity index (χ2n) is 7.88. The van der Waals surface area contributed by atoms with Crippen molar-refractivity contribution in [2.24, 2.45) is 0 Å². The molecule has 3 rings (SSSR count). The number of nitrogens with zero attached hydrogens (tertiary/aromatic N) is 3. The number of carbonyl (C=O) groups excluding carboxylic acids is 2. The normalized spacial score (nSPS) is 15.2. The fraction of sp³-hybridized carbons (Fsp3) is 0.542. The number of imidazole rings is 1. The number of allylic oxidation sites excluding steroid dienone is 1. The van der Waals surface area contributed by atoms with E-state index < -0.39 is 0 Å². The molecule has 1 aliphatic heterocycles. The van der Waals surface area contributed by atoms with E-state index in [-0.39, 0.29) is 23.6 Å². The van der Waals surface area contributed by atoms with E-state index in [9.17, 15) is 9.59 Å². The Labute approximate surface area is 206 Å². The van der Waals surface area contributed by atoms with Crippen LogP contribution < -0.4 is 0 Å². The lowest BCUT2D eigenvalue weighted by Gasteiger charge is -2.12. The van der Waals surface area contributed by atoms with Gasteiger partial charge in [-0.2, -0.15) is 0 Å². The van der Waals surface area contributed by atoms with Crippen LogP contribution in [0.3, 0.4) is 0 Å². The van der Waals surface area contributed by atoms with Crippen molar-refractivity contribution >= 4 is 52.7 Å². The van der Waals surface area contributed by atoms with Gasteiger partial charge in [0.05, 0.1) is 9.93 Å². The first kappa shape index (κ1) is 26.8. The highest BCUT2D eigenvalue weighted by Gasteiger charge is 2.34. The molecule has 3 heterocycles. The third-order valence-electron chi connectivity index (χ3n) is 5.43. The summed E-state index contributed by atoms with van der Waals surface area (Å²) in [5, 5.41) is 1.04. The van der Waals surface area contributed by atoms with Crippen LogP contribution in [0.25, 0.3) is 5.65 Å². The maximum absolute atomic E-state index is 12.6. The minimum atomic E-state index is -0.119. The van der Waals surface area contributed by atoms with Crippen molar-refractivity contribution in [3.05, 3.63) is 41.6 Å². The van der Waals surface area contributed by atoms with Gasteiger partial charge in [0.2, 0.25) is 0 Å². The van der Waals surface area contributed by atoms with Crippen molar-refractivity contribution < 1.29 is 9.59 Å². The average Bonchev–Trinajstić information content (AvgIpc) is 3.35. The Morgan fingerprint density at radius 2 is 1.81 bits per heavy atom. The molecule has 2 amide bonds. The Hall–Kier alpha value is -1.44. The summed E-state index contributed by atoms with van der Waals surface area (Å²) in [6.07, 6.45) is 17.2. The van der Waals surface area contributed by atoms with Crippen LogP contribution in [0.2, 0.25) is 0 Å². The summed E-state index contributed by atoms with van der Waals surface area (Å²) >= 11 is 2.88. The van der Waals surface area contributed by atoms with Crippen molar-refractivity contribution in [3.63, 3.8) is 0 Å². The smallest absolute Gasteiger partial charge is 0.293 e. The zero-order valence-corrected chi connectivity index (χ0v) is 21.3. The van der Waals surface area contributed by atoms with Gasteiger partial charge >= 0.3 is 0 Å². The van der Waals surface area contributed by atoms with E-state index >= 15 is 0 Å². The van der Waals surface area contributed by atoms with Crippen LogP contribution in [0, 0.1) is 0 Å². The lowest BCUT2D eigenvalue weighted by molar-refractivity contribution is -0.122. The van der Waals surface area contributed by atoms with Crippen molar-refractivity contribution in [3.8, 4) is 0 Å². The predicted molar refractivity (Wildman–Crippen MR) is 138 cm³/mol. The quantitative estimate of drug-likeness (QED) is 0.156.